The minimum Gasteiger partial charge on any atom is -0.477 e. The molecule has 1 aliphatic heterocycles. The molecular weight excluding hydrogens is 721 g/mol. The Bertz CT molecular complexity index is 1860. The van der Waals surface area contributed by atoms with Crippen molar-refractivity contribution in [3.05, 3.63) is 145 Å². The summed E-state index contributed by atoms with van der Waals surface area (Å²) in [6, 6.07) is 43.7. The van der Waals surface area contributed by atoms with Crippen molar-refractivity contribution in [3.8, 4) is 45.1 Å². The Morgan fingerprint density at radius 2 is 1.42 bits per heavy atom. The molecule has 0 N–H and O–H groups in total. The van der Waals surface area contributed by atoms with Crippen LogP contribution in [0.5, 0.6) is 11.5 Å². The fraction of sp³-hybridized carbons (Fsp3) is 0.105. The molecule has 6 aromatic rings. The summed E-state index contributed by atoms with van der Waals surface area (Å²) >= 11 is 0. The Morgan fingerprint density at radius 1 is 0.651 bits per heavy atom. The number of hydrogen-bond acceptors (Lipinski definition) is 3. The minimum atomic E-state index is -1.95. The number of benzene rings is 4. The van der Waals surface area contributed by atoms with Crippen molar-refractivity contribution in [1.82, 2.24) is 9.97 Å². The van der Waals surface area contributed by atoms with E-state index in [1.54, 1.807) is 0 Å². The average molecular weight is 753 g/mol. The van der Waals surface area contributed by atoms with Gasteiger partial charge in [0.05, 0.1) is 8.07 Å². The summed E-state index contributed by atoms with van der Waals surface area (Å²) in [6.07, 6.45) is 3.79. The molecule has 0 aliphatic carbocycles. The normalized spacial score (nSPS) is 12.4. The van der Waals surface area contributed by atoms with E-state index in [0.717, 1.165) is 39.6 Å². The number of ether oxygens (including phenoxy) is 1. The van der Waals surface area contributed by atoms with Gasteiger partial charge in [0.25, 0.3) is 0 Å². The molecule has 1 aliphatic rings. The molecule has 215 valence electrons. The van der Waals surface area contributed by atoms with Crippen molar-refractivity contribution in [3.63, 3.8) is 0 Å². The first-order valence-corrected chi connectivity index (χ1v) is 17.2. The second kappa shape index (κ2) is 13.0. The number of para-hydroxylation sites is 1. The van der Waals surface area contributed by atoms with Gasteiger partial charge in [-0.25, -0.2) is 0 Å². The Balaban J connectivity index is 0.000000208. The number of rotatable bonds is 3. The van der Waals surface area contributed by atoms with Gasteiger partial charge >= 0.3 is 0 Å². The van der Waals surface area contributed by atoms with Gasteiger partial charge in [-0.05, 0) is 59.2 Å². The third-order valence-corrected chi connectivity index (χ3v) is 11.4. The van der Waals surface area contributed by atoms with Crippen molar-refractivity contribution in [2.45, 2.75) is 26.9 Å². The number of pyridine rings is 2. The molecule has 3 nitrogen and oxygen atoms in total. The third kappa shape index (κ3) is 6.30. The molecule has 0 fully saturated rings. The van der Waals surface area contributed by atoms with Crippen LogP contribution in [0.15, 0.2) is 122 Å². The van der Waals surface area contributed by atoms with Gasteiger partial charge in [0.15, 0.2) is 0 Å². The van der Waals surface area contributed by atoms with Crippen LogP contribution in [0.1, 0.15) is 11.1 Å². The van der Waals surface area contributed by atoms with E-state index in [1.165, 1.54) is 27.1 Å². The average Bonchev–Trinajstić information content (AvgIpc) is 3.03. The van der Waals surface area contributed by atoms with Crippen LogP contribution in [0.25, 0.3) is 33.6 Å². The first kappa shape index (κ1) is 30.3. The summed E-state index contributed by atoms with van der Waals surface area (Å²) in [7, 11) is -1.95. The van der Waals surface area contributed by atoms with E-state index in [0.29, 0.717) is 0 Å². The SMILES string of the molecule is C[Si]1(C)c2ccccc2Oc2cc[c-]c(-c3cc(-c4ccccc4)ccn3)c21.Cc1cnc(-c2[c-]cccc2)cc1C.[Ir]. The predicted molar refractivity (Wildman–Crippen MR) is 175 cm³/mol. The largest absolute Gasteiger partial charge is 0.477 e. The number of aryl methyl sites for hydroxylation is 2. The minimum absolute atomic E-state index is 0. The first-order valence-electron chi connectivity index (χ1n) is 14.2. The van der Waals surface area contributed by atoms with Gasteiger partial charge in [0.1, 0.15) is 5.75 Å². The molecule has 2 aromatic heterocycles. The molecule has 0 amide bonds. The maximum atomic E-state index is 6.28. The zero-order valence-corrected chi connectivity index (χ0v) is 28.1. The van der Waals surface area contributed by atoms with E-state index in [-0.39, 0.29) is 20.1 Å². The molecule has 1 radical (unpaired) electrons. The smallest absolute Gasteiger partial charge is 0.123 e. The third-order valence-electron chi connectivity index (χ3n) is 7.84. The van der Waals surface area contributed by atoms with Gasteiger partial charge in [-0.15, -0.1) is 59.7 Å². The zero-order chi connectivity index (χ0) is 29.1. The van der Waals surface area contributed by atoms with Crippen LogP contribution < -0.4 is 15.1 Å². The summed E-state index contributed by atoms with van der Waals surface area (Å²) in [5, 5.41) is 2.59. The zero-order valence-electron chi connectivity index (χ0n) is 24.7. The molecule has 5 heteroatoms. The van der Waals surface area contributed by atoms with Crippen molar-refractivity contribution < 1.29 is 24.8 Å². The fourth-order valence-corrected chi connectivity index (χ4v) is 8.52. The van der Waals surface area contributed by atoms with Crippen LogP contribution in [0, 0.1) is 26.0 Å². The second-order valence-electron chi connectivity index (χ2n) is 11.0. The summed E-state index contributed by atoms with van der Waals surface area (Å²) < 4.78 is 6.28. The van der Waals surface area contributed by atoms with Crippen LogP contribution in [0.2, 0.25) is 13.1 Å². The molecule has 3 heterocycles. The van der Waals surface area contributed by atoms with Crippen molar-refractivity contribution in [2.75, 3.05) is 0 Å². The summed E-state index contributed by atoms with van der Waals surface area (Å²) in [5.41, 5.74) is 8.90. The molecular formula is C38H32IrN2OSi-2. The fourth-order valence-electron chi connectivity index (χ4n) is 5.41. The first-order chi connectivity index (χ1) is 20.4. The summed E-state index contributed by atoms with van der Waals surface area (Å²) in [5.74, 6) is 1.92. The summed E-state index contributed by atoms with van der Waals surface area (Å²) in [4.78, 5) is 9.08. The molecule has 0 atom stereocenters. The van der Waals surface area contributed by atoms with Gasteiger partial charge in [0.2, 0.25) is 0 Å². The predicted octanol–water partition coefficient (Wildman–Crippen LogP) is 8.31. The standard InChI is InChI=1S/C25H20NOSi.C13H12N.Ir/c1-28(2)24-14-7-6-12-22(24)27-23-13-8-11-20(25(23)28)21-17-19(15-16-26-21)18-9-4-3-5-10-18;1-10-8-13(14-9-11(10)2)12-6-4-3-5-7-12;/h3-10,12-17H,1-2H3;3-6,8-9H,1-2H3;/q2*-1;. The van der Waals surface area contributed by atoms with E-state index < -0.39 is 8.07 Å². The molecule has 0 saturated heterocycles. The van der Waals surface area contributed by atoms with Crippen LogP contribution in [-0.2, 0) is 20.1 Å². The van der Waals surface area contributed by atoms with E-state index in [4.69, 9.17) is 9.72 Å². The van der Waals surface area contributed by atoms with Crippen LogP contribution in [0.3, 0.4) is 0 Å². The number of aromatic nitrogens is 2. The Morgan fingerprint density at radius 3 is 2.19 bits per heavy atom. The van der Waals surface area contributed by atoms with Gasteiger partial charge in [0, 0.05) is 38.2 Å². The Hall–Kier alpha value is -4.15. The molecule has 0 spiro atoms. The van der Waals surface area contributed by atoms with Crippen LogP contribution in [-0.4, -0.2) is 18.0 Å². The van der Waals surface area contributed by atoms with Crippen molar-refractivity contribution >= 4 is 18.4 Å². The van der Waals surface area contributed by atoms with E-state index >= 15 is 0 Å². The molecule has 7 rings (SSSR count). The maximum absolute atomic E-state index is 6.28. The molecule has 0 saturated carbocycles. The number of nitrogens with zero attached hydrogens (tertiary/aromatic N) is 2. The van der Waals surface area contributed by atoms with Crippen LogP contribution >= 0.6 is 0 Å². The molecule has 0 bridgehead atoms. The Labute approximate surface area is 269 Å². The quantitative estimate of drug-likeness (QED) is 0.135. The van der Waals surface area contributed by atoms with E-state index in [1.807, 2.05) is 60.9 Å². The summed E-state index contributed by atoms with van der Waals surface area (Å²) in [6.45, 7) is 8.93. The van der Waals surface area contributed by atoms with Crippen molar-refractivity contribution in [2.24, 2.45) is 0 Å². The monoisotopic (exact) mass is 753 g/mol. The van der Waals surface area contributed by atoms with E-state index in [9.17, 15) is 0 Å². The van der Waals surface area contributed by atoms with Crippen LogP contribution in [0.4, 0.5) is 0 Å². The van der Waals surface area contributed by atoms with Gasteiger partial charge in [-0.1, -0.05) is 84.5 Å². The molecule has 43 heavy (non-hydrogen) atoms. The van der Waals surface area contributed by atoms with Crippen molar-refractivity contribution in [1.29, 1.82) is 0 Å². The number of fused-ring (bicyclic) bond motifs is 2. The van der Waals surface area contributed by atoms with Gasteiger partial charge in [-0.2, -0.15) is 0 Å². The molecule has 4 aromatic carbocycles. The number of hydrogen-bond donors (Lipinski definition) is 0. The molecule has 0 unspecified atom stereocenters. The van der Waals surface area contributed by atoms with E-state index in [2.05, 4.69) is 105 Å². The topological polar surface area (TPSA) is 35.0 Å². The van der Waals surface area contributed by atoms with Gasteiger partial charge < -0.3 is 14.7 Å². The Kier molecular flexibility index (Phi) is 9.17. The van der Waals surface area contributed by atoms with Gasteiger partial charge in [-0.3, -0.25) is 0 Å². The maximum Gasteiger partial charge on any atom is 0.123 e. The second-order valence-corrected chi connectivity index (χ2v) is 15.3.